The summed E-state index contributed by atoms with van der Waals surface area (Å²) in [4.78, 5) is 25.2. The van der Waals surface area contributed by atoms with E-state index in [-0.39, 0.29) is 23.3 Å². The highest BCUT2D eigenvalue weighted by Crippen LogP contribution is 2.36. The number of fused-ring (bicyclic) bond motifs is 1. The Labute approximate surface area is 200 Å². The maximum Gasteiger partial charge on any atom is 0.265 e. The van der Waals surface area contributed by atoms with E-state index >= 15 is 0 Å². The number of rotatable bonds is 5. The summed E-state index contributed by atoms with van der Waals surface area (Å²) in [7, 11) is -3.86. The molecule has 1 saturated heterocycles. The van der Waals surface area contributed by atoms with E-state index in [1.165, 1.54) is 10.4 Å². The molecule has 1 fully saturated rings. The summed E-state index contributed by atoms with van der Waals surface area (Å²) in [6.07, 6.45) is 1.04. The predicted octanol–water partition coefficient (Wildman–Crippen LogP) is 3.76. The van der Waals surface area contributed by atoms with Crippen molar-refractivity contribution in [1.29, 1.82) is 0 Å². The van der Waals surface area contributed by atoms with E-state index in [9.17, 15) is 18.0 Å². The number of nitrogens with one attached hydrogen (secondary N) is 2. The predicted molar refractivity (Wildman–Crippen MR) is 131 cm³/mol. The lowest BCUT2D eigenvalue weighted by atomic mass is 9.98. The minimum absolute atomic E-state index is 0.116. The van der Waals surface area contributed by atoms with Crippen molar-refractivity contribution >= 4 is 33.2 Å². The molecule has 2 amide bonds. The van der Waals surface area contributed by atoms with Crippen LogP contribution in [-0.4, -0.2) is 43.7 Å². The van der Waals surface area contributed by atoms with Crippen LogP contribution in [-0.2, 0) is 19.6 Å². The molecule has 34 heavy (non-hydrogen) atoms. The number of carbonyl (C=O) groups is 2. The summed E-state index contributed by atoms with van der Waals surface area (Å²) in [5.74, 6) is -0.512. The Morgan fingerprint density at radius 1 is 1.15 bits per heavy atom. The van der Waals surface area contributed by atoms with Crippen molar-refractivity contribution < 1.29 is 22.7 Å². The molecule has 2 heterocycles. The van der Waals surface area contributed by atoms with Gasteiger partial charge >= 0.3 is 0 Å². The van der Waals surface area contributed by atoms with E-state index in [4.69, 9.17) is 4.74 Å². The Bertz CT molecular complexity index is 1220. The number of amides is 2. The Kier molecular flexibility index (Phi) is 6.69. The number of sulfonamides is 1. The van der Waals surface area contributed by atoms with Crippen LogP contribution in [0.15, 0.2) is 35.2 Å². The van der Waals surface area contributed by atoms with Gasteiger partial charge in [0.15, 0.2) is 6.10 Å². The van der Waals surface area contributed by atoms with E-state index in [1.807, 2.05) is 39.0 Å². The third-order valence-electron chi connectivity index (χ3n) is 6.33. The molecular weight excluding hydrogens is 454 g/mol. The monoisotopic (exact) mass is 485 g/mol. The number of hydrogen-bond acceptors (Lipinski definition) is 5. The summed E-state index contributed by atoms with van der Waals surface area (Å²) in [6, 6.07) is 8.95. The number of carbonyl (C=O) groups excluding carboxylic acids is 2. The largest absolute Gasteiger partial charge is 0.478 e. The second-order valence-corrected chi connectivity index (χ2v) is 11.1. The van der Waals surface area contributed by atoms with Crippen LogP contribution in [0, 0.1) is 26.7 Å². The molecular formula is C25H31N3O5S. The Balaban J connectivity index is 1.54. The lowest BCUT2D eigenvalue weighted by molar-refractivity contribution is -0.123. The van der Waals surface area contributed by atoms with E-state index in [1.54, 1.807) is 13.0 Å². The fourth-order valence-electron chi connectivity index (χ4n) is 4.64. The zero-order valence-electron chi connectivity index (χ0n) is 20.0. The number of aryl methyl sites for hydroxylation is 3. The van der Waals surface area contributed by atoms with Crippen molar-refractivity contribution in [3.63, 3.8) is 0 Å². The fraction of sp³-hybridized carbons (Fsp3) is 0.440. The quantitative estimate of drug-likeness (QED) is 0.671. The number of anilines is 2. The van der Waals surface area contributed by atoms with Crippen LogP contribution in [0.4, 0.5) is 11.4 Å². The molecule has 4 rings (SSSR count). The zero-order valence-corrected chi connectivity index (χ0v) is 20.8. The van der Waals surface area contributed by atoms with Gasteiger partial charge in [-0.1, -0.05) is 13.0 Å². The first-order chi connectivity index (χ1) is 16.1. The number of nitrogens with zero attached hydrogens (tertiary/aromatic N) is 1. The first-order valence-corrected chi connectivity index (χ1v) is 13.0. The van der Waals surface area contributed by atoms with E-state index < -0.39 is 22.0 Å². The minimum Gasteiger partial charge on any atom is -0.478 e. The van der Waals surface area contributed by atoms with Crippen LogP contribution in [0.2, 0.25) is 0 Å². The van der Waals surface area contributed by atoms with Gasteiger partial charge in [-0.15, -0.1) is 0 Å². The zero-order chi connectivity index (χ0) is 24.6. The van der Waals surface area contributed by atoms with Crippen molar-refractivity contribution in [2.75, 3.05) is 23.7 Å². The summed E-state index contributed by atoms with van der Waals surface area (Å²) in [5.41, 5.74) is 3.80. The number of piperidine rings is 1. The van der Waals surface area contributed by atoms with Gasteiger partial charge in [0.05, 0.1) is 16.5 Å². The molecule has 8 nitrogen and oxygen atoms in total. The van der Waals surface area contributed by atoms with Gasteiger partial charge in [-0.05, 0) is 74.9 Å². The van der Waals surface area contributed by atoms with Crippen molar-refractivity contribution in [3.05, 3.63) is 47.0 Å². The average molecular weight is 486 g/mol. The van der Waals surface area contributed by atoms with Gasteiger partial charge in [0.2, 0.25) is 15.9 Å². The molecule has 2 aromatic carbocycles. The van der Waals surface area contributed by atoms with Crippen LogP contribution >= 0.6 is 0 Å². The van der Waals surface area contributed by atoms with Gasteiger partial charge in [-0.25, -0.2) is 8.42 Å². The number of benzene rings is 2. The molecule has 182 valence electrons. The summed E-state index contributed by atoms with van der Waals surface area (Å²) < 4.78 is 34.3. The number of ether oxygens (including phenoxy) is 1. The van der Waals surface area contributed by atoms with Crippen LogP contribution < -0.4 is 15.4 Å². The van der Waals surface area contributed by atoms with Gasteiger partial charge in [0.1, 0.15) is 5.75 Å². The molecule has 2 N–H and O–H groups in total. The standard InChI is InChI=1S/C25H31N3O5S/c1-5-21-25(30)27-20-12-17(4)23(13-22(20)33-21)34(31,32)28-8-6-7-18(14-28)24(29)26-19-10-15(2)9-16(3)11-19/h9-13,18,21H,5-8,14H2,1-4H3,(H,26,29)(H,27,30)/t18-,21-/m0/s1. The molecule has 0 bridgehead atoms. The van der Waals surface area contributed by atoms with Gasteiger partial charge in [0, 0.05) is 24.8 Å². The maximum atomic E-state index is 13.6. The van der Waals surface area contributed by atoms with E-state index in [0.29, 0.717) is 42.8 Å². The highest BCUT2D eigenvalue weighted by Gasteiger charge is 2.36. The summed E-state index contributed by atoms with van der Waals surface area (Å²) in [6.45, 7) is 7.93. The lowest BCUT2D eigenvalue weighted by Crippen LogP contribution is -2.44. The minimum atomic E-state index is -3.86. The Morgan fingerprint density at radius 3 is 2.53 bits per heavy atom. The second kappa shape index (κ2) is 9.38. The van der Waals surface area contributed by atoms with Gasteiger partial charge < -0.3 is 15.4 Å². The van der Waals surface area contributed by atoms with Crippen LogP contribution in [0.5, 0.6) is 5.75 Å². The Hall–Kier alpha value is -2.91. The molecule has 2 aliphatic heterocycles. The number of hydrogen-bond donors (Lipinski definition) is 2. The fourth-order valence-corrected chi connectivity index (χ4v) is 6.38. The van der Waals surface area contributed by atoms with Crippen molar-refractivity contribution in [3.8, 4) is 5.75 Å². The summed E-state index contributed by atoms with van der Waals surface area (Å²) >= 11 is 0. The van der Waals surface area contributed by atoms with Gasteiger partial charge in [0.25, 0.3) is 5.91 Å². The molecule has 2 aliphatic rings. The first-order valence-electron chi connectivity index (χ1n) is 11.6. The van der Waals surface area contributed by atoms with Crippen LogP contribution in [0.1, 0.15) is 42.9 Å². The lowest BCUT2D eigenvalue weighted by Gasteiger charge is -2.32. The second-order valence-electron chi connectivity index (χ2n) is 9.19. The molecule has 0 aromatic heterocycles. The third-order valence-corrected chi connectivity index (χ3v) is 8.34. The van der Waals surface area contributed by atoms with E-state index in [0.717, 1.165) is 16.8 Å². The molecule has 2 atom stereocenters. The SMILES string of the molecule is CC[C@@H]1Oc2cc(S(=O)(=O)N3CCC[C@H](C(=O)Nc4cc(C)cc(C)c4)C3)c(C)cc2NC1=O. The molecule has 0 saturated carbocycles. The van der Waals surface area contributed by atoms with Crippen molar-refractivity contribution in [1.82, 2.24) is 4.31 Å². The molecule has 0 aliphatic carbocycles. The Morgan fingerprint density at radius 2 is 1.85 bits per heavy atom. The molecule has 0 radical (unpaired) electrons. The van der Waals surface area contributed by atoms with Crippen LogP contribution in [0.25, 0.3) is 0 Å². The first kappa shape index (κ1) is 24.2. The summed E-state index contributed by atoms with van der Waals surface area (Å²) in [5, 5.41) is 5.74. The normalized spacial score (nSPS) is 20.8. The van der Waals surface area contributed by atoms with Gasteiger partial charge in [-0.3, -0.25) is 9.59 Å². The third kappa shape index (κ3) is 4.81. The highest BCUT2D eigenvalue weighted by atomic mass is 32.2. The molecule has 0 spiro atoms. The highest BCUT2D eigenvalue weighted by molar-refractivity contribution is 7.89. The molecule has 2 aromatic rings. The molecule has 0 unspecified atom stereocenters. The smallest absolute Gasteiger partial charge is 0.265 e. The van der Waals surface area contributed by atoms with Crippen molar-refractivity contribution in [2.24, 2.45) is 5.92 Å². The molecule has 9 heteroatoms. The average Bonchev–Trinajstić information content (AvgIpc) is 2.77. The van der Waals surface area contributed by atoms with E-state index in [2.05, 4.69) is 10.6 Å². The maximum absolute atomic E-state index is 13.6. The van der Waals surface area contributed by atoms with Gasteiger partial charge in [-0.2, -0.15) is 4.31 Å². The van der Waals surface area contributed by atoms with Crippen molar-refractivity contribution in [2.45, 2.75) is 58.0 Å². The topological polar surface area (TPSA) is 105 Å². The van der Waals surface area contributed by atoms with Crippen LogP contribution in [0.3, 0.4) is 0 Å².